The Hall–Kier alpha value is 0.880. The Balaban J connectivity index is 2.33. The predicted octanol–water partition coefficient (Wildman–Crippen LogP) is 3.22. The summed E-state index contributed by atoms with van der Waals surface area (Å²) in [5.74, 6) is -0.490. The van der Waals surface area contributed by atoms with E-state index in [0.29, 0.717) is 0 Å². The average Bonchev–Trinajstić information content (AvgIpc) is 2.36. The van der Waals surface area contributed by atoms with Crippen molar-refractivity contribution in [2.24, 2.45) is 0 Å². The van der Waals surface area contributed by atoms with Gasteiger partial charge in [0.25, 0.3) is 0 Å². The molecule has 2 fully saturated rings. The van der Waals surface area contributed by atoms with Crippen molar-refractivity contribution in [3.63, 3.8) is 0 Å². The van der Waals surface area contributed by atoms with Gasteiger partial charge in [-0.15, -0.1) is 0 Å². The molecule has 2 rings (SSSR count). The fraction of sp³-hybridized carbons (Fsp3) is 1.00. The fourth-order valence-corrected chi connectivity index (χ4v) is 4.81. The van der Waals surface area contributed by atoms with E-state index in [2.05, 4.69) is 52.6 Å². The highest BCUT2D eigenvalue weighted by Gasteiger charge is 2.64. The lowest BCUT2D eigenvalue weighted by Crippen LogP contribution is -2.50. The van der Waals surface area contributed by atoms with E-state index in [-0.39, 0.29) is 14.8 Å². The van der Waals surface area contributed by atoms with Crippen molar-refractivity contribution < 1.29 is 9.47 Å². The predicted molar refractivity (Wildman–Crippen MR) is 63.1 cm³/mol. The van der Waals surface area contributed by atoms with Gasteiger partial charge in [0, 0.05) is 0 Å². The molecule has 1 spiro atoms. The van der Waals surface area contributed by atoms with Crippen LogP contribution in [0.25, 0.3) is 0 Å². The molecule has 0 bridgehead atoms. The van der Waals surface area contributed by atoms with E-state index in [4.69, 9.17) is 9.47 Å². The highest BCUT2D eigenvalue weighted by molar-refractivity contribution is 9.10. The molecule has 0 aromatic heterocycles. The number of ether oxygens (including phenoxy) is 2. The monoisotopic (exact) mass is 326 g/mol. The molecular formula is C10H16Br2O2. The van der Waals surface area contributed by atoms with Crippen LogP contribution in [0.5, 0.6) is 0 Å². The van der Waals surface area contributed by atoms with E-state index in [1.54, 1.807) is 0 Å². The smallest absolute Gasteiger partial charge is 0.196 e. The summed E-state index contributed by atoms with van der Waals surface area (Å²) in [7, 11) is 0. The lowest BCUT2D eigenvalue weighted by atomic mass is 9.96. The molecule has 0 aromatic carbocycles. The van der Waals surface area contributed by atoms with Gasteiger partial charge in [0.15, 0.2) is 5.79 Å². The molecule has 2 aliphatic heterocycles. The first-order valence-electron chi connectivity index (χ1n) is 4.96. The van der Waals surface area contributed by atoms with Crippen molar-refractivity contribution in [1.82, 2.24) is 0 Å². The molecule has 0 radical (unpaired) electrons. The maximum Gasteiger partial charge on any atom is 0.196 e. The molecule has 2 aliphatic rings. The lowest BCUT2D eigenvalue weighted by Gasteiger charge is -2.37. The van der Waals surface area contributed by atoms with Crippen molar-refractivity contribution >= 4 is 31.9 Å². The Morgan fingerprint density at radius 1 is 1.29 bits per heavy atom. The van der Waals surface area contributed by atoms with Crippen molar-refractivity contribution in [1.29, 1.82) is 0 Å². The molecular weight excluding hydrogens is 312 g/mol. The summed E-state index contributed by atoms with van der Waals surface area (Å²) in [6.45, 7) is 7.14. The van der Waals surface area contributed by atoms with Crippen molar-refractivity contribution in [2.45, 2.75) is 54.2 Å². The van der Waals surface area contributed by atoms with Crippen molar-refractivity contribution in [3.05, 3.63) is 0 Å². The topological polar surface area (TPSA) is 18.5 Å². The summed E-state index contributed by atoms with van der Waals surface area (Å²) in [4.78, 5) is 0.261. The van der Waals surface area contributed by atoms with Gasteiger partial charge in [-0.05, 0) is 33.6 Å². The van der Waals surface area contributed by atoms with Crippen LogP contribution in [0.3, 0.4) is 0 Å². The first-order valence-corrected chi connectivity index (χ1v) is 6.67. The third kappa shape index (κ3) is 1.49. The first kappa shape index (κ1) is 11.4. The van der Waals surface area contributed by atoms with Gasteiger partial charge in [-0.25, -0.2) is 0 Å². The highest BCUT2D eigenvalue weighted by atomic mass is 79.9. The van der Waals surface area contributed by atoms with Crippen LogP contribution < -0.4 is 0 Å². The van der Waals surface area contributed by atoms with E-state index >= 15 is 0 Å². The average molecular weight is 328 g/mol. The number of hydrogen-bond donors (Lipinski definition) is 0. The summed E-state index contributed by atoms with van der Waals surface area (Å²) in [5, 5.41) is 0. The lowest BCUT2D eigenvalue weighted by molar-refractivity contribution is -0.225. The van der Waals surface area contributed by atoms with E-state index in [1.165, 1.54) is 0 Å². The number of rotatable bonds is 0. The van der Waals surface area contributed by atoms with Crippen LogP contribution >= 0.6 is 31.9 Å². The van der Waals surface area contributed by atoms with E-state index < -0.39 is 5.79 Å². The van der Waals surface area contributed by atoms with E-state index in [1.807, 2.05) is 0 Å². The Bertz CT molecular complexity index is 253. The Kier molecular flexibility index (Phi) is 2.59. The third-order valence-corrected chi connectivity index (χ3v) is 5.00. The van der Waals surface area contributed by atoms with Crippen LogP contribution in [0.15, 0.2) is 0 Å². The molecule has 2 heterocycles. The quantitative estimate of drug-likeness (QED) is 0.636. The zero-order valence-corrected chi connectivity index (χ0v) is 11.9. The second-order valence-electron chi connectivity index (χ2n) is 5.00. The normalized spacial score (nSPS) is 51.6. The summed E-state index contributed by atoms with van der Waals surface area (Å²) in [6, 6.07) is 0. The molecule has 0 N–H and O–H groups in total. The molecule has 2 saturated heterocycles. The maximum atomic E-state index is 6.11. The van der Waals surface area contributed by atoms with Crippen molar-refractivity contribution in [2.75, 3.05) is 6.61 Å². The molecule has 14 heavy (non-hydrogen) atoms. The van der Waals surface area contributed by atoms with Crippen LogP contribution in [0.2, 0.25) is 0 Å². The van der Waals surface area contributed by atoms with Gasteiger partial charge in [-0.1, -0.05) is 31.9 Å². The summed E-state index contributed by atoms with van der Waals surface area (Å²) < 4.78 is 11.9. The van der Waals surface area contributed by atoms with Crippen LogP contribution in [-0.2, 0) is 9.47 Å². The van der Waals surface area contributed by atoms with E-state index in [9.17, 15) is 0 Å². The first-order chi connectivity index (χ1) is 6.29. The second-order valence-corrected chi connectivity index (χ2v) is 7.85. The van der Waals surface area contributed by atoms with E-state index in [0.717, 1.165) is 19.4 Å². The van der Waals surface area contributed by atoms with Gasteiger partial charge in [-0.2, -0.15) is 0 Å². The van der Waals surface area contributed by atoms with Gasteiger partial charge in [0.05, 0.1) is 21.4 Å². The minimum absolute atomic E-state index is 0.0814. The zero-order chi connectivity index (χ0) is 10.6. The minimum atomic E-state index is -0.490. The molecule has 4 heteroatoms. The number of halogens is 2. The minimum Gasteiger partial charge on any atom is -0.347 e. The molecule has 2 nitrogen and oxygen atoms in total. The molecule has 0 saturated carbocycles. The summed E-state index contributed by atoms with van der Waals surface area (Å²) in [5.41, 5.74) is -0.104. The largest absolute Gasteiger partial charge is 0.347 e. The molecule has 0 amide bonds. The van der Waals surface area contributed by atoms with Crippen LogP contribution in [0.1, 0.15) is 33.6 Å². The van der Waals surface area contributed by atoms with Gasteiger partial charge in [0.2, 0.25) is 0 Å². The molecule has 0 aromatic rings. The highest BCUT2D eigenvalue weighted by Crippen LogP contribution is 2.55. The van der Waals surface area contributed by atoms with Gasteiger partial charge >= 0.3 is 0 Å². The third-order valence-electron chi connectivity index (χ3n) is 3.13. The summed E-state index contributed by atoms with van der Waals surface area (Å²) in [6.07, 6.45) is 1.97. The SMILES string of the molecule is CC1(C)C[C@@H](Br)[C@]2(OCC[C@@]2(C)Br)O1. The molecule has 0 aliphatic carbocycles. The van der Waals surface area contributed by atoms with Crippen LogP contribution in [0, 0.1) is 0 Å². The number of hydrogen-bond acceptors (Lipinski definition) is 2. The van der Waals surface area contributed by atoms with Gasteiger partial charge in [-0.3, -0.25) is 0 Å². The second kappa shape index (κ2) is 3.19. The maximum absolute atomic E-state index is 6.11. The van der Waals surface area contributed by atoms with Gasteiger partial charge in [0.1, 0.15) is 0 Å². The van der Waals surface area contributed by atoms with Crippen LogP contribution in [0.4, 0.5) is 0 Å². The molecule has 82 valence electrons. The number of alkyl halides is 2. The molecule has 0 unspecified atom stereocenters. The fourth-order valence-electron chi connectivity index (χ4n) is 2.35. The Morgan fingerprint density at radius 3 is 2.29 bits per heavy atom. The Labute approximate surface area is 102 Å². The molecule has 3 atom stereocenters. The summed E-state index contributed by atoms with van der Waals surface area (Å²) >= 11 is 7.43. The van der Waals surface area contributed by atoms with Crippen molar-refractivity contribution in [3.8, 4) is 0 Å². The van der Waals surface area contributed by atoms with Gasteiger partial charge < -0.3 is 9.47 Å². The zero-order valence-electron chi connectivity index (χ0n) is 8.77. The standard InChI is InChI=1S/C10H16Br2O2/c1-8(2)6-7(11)10(14-8)9(3,12)4-5-13-10/h7H,4-6H2,1-3H3/t7-,9-,10+/m1/s1. The Morgan fingerprint density at radius 2 is 1.93 bits per heavy atom. The van der Waals surface area contributed by atoms with Crippen LogP contribution in [-0.4, -0.2) is 27.1 Å².